The maximum atomic E-state index is 13.4. The number of amides is 2. The van der Waals surface area contributed by atoms with Crippen LogP contribution in [0.1, 0.15) is 35.7 Å². The summed E-state index contributed by atoms with van der Waals surface area (Å²) in [5.74, 6) is 0.0997. The van der Waals surface area contributed by atoms with Gasteiger partial charge in [0.1, 0.15) is 11.4 Å². The molecule has 0 saturated carbocycles. The van der Waals surface area contributed by atoms with Gasteiger partial charge < -0.3 is 14.5 Å². The average molecular weight is 531 g/mol. The summed E-state index contributed by atoms with van der Waals surface area (Å²) in [4.78, 5) is 35.2. The molecule has 1 spiro atoms. The van der Waals surface area contributed by atoms with Crippen LogP contribution >= 0.6 is 0 Å². The number of likely N-dealkylation sites (N-methyl/N-ethyl adjacent to an activating group) is 1. The first-order valence-electron chi connectivity index (χ1n) is 12.4. The quantitative estimate of drug-likeness (QED) is 0.557. The Morgan fingerprint density at radius 1 is 1.18 bits per heavy atom. The Hall–Kier alpha value is -3.67. The lowest BCUT2D eigenvalue weighted by Crippen LogP contribution is -2.57. The maximum absolute atomic E-state index is 13.4. The fourth-order valence-corrected chi connectivity index (χ4v) is 5.15. The number of hydrogen-bond donors (Lipinski definition) is 1. The van der Waals surface area contributed by atoms with Gasteiger partial charge in [0.15, 0.2) is 5.65 Å². The topological polar surface area (TPSA) is 94.7 Å². The Labute approximate surface area is 217 Å². The minimum absolute atomic E-state index is 0.153. The summed E-state index contributed by atoms with van der Waals surface area (Å²) < 4.78 is 45.4. The predicted octanol–water partition coefficient (Wildman–Crippen LogP) is 3.24. The molecular formula is C26H29F3N6O3. The zero-order chi connectivity index (χ0) is 27.1. The number of likely N-dealkylation sites (tertiary alicyclic amines) is 1. The number of nitrogens with one attached hydrogen (secondary N) is 1. The van der Waals surface area contributed by atoms with Gasteiger partial charge in [-0.25, -0.2) is 4.98 Å². The minimum Gasteiger partial charge on any atom is -0.485 e. The van der Waals surface area contributed by atoms with Gasteiger partial charge in [-0.2, -0.15) is 18.3 Å². The molecule has 1 aromatic carbocycles. The molecule has 0 radical (unpaired) electrons. The fourth-order valence-electron chi connectivity index (χ4n) is 5.15. The number of ether oxygens (including phenoxy) is 1. The number of nitrogens with zero attached hydrogens (tertiary/aromatic N) is 5. The molecule has 2 aliphatic heterocycles. The van der Waals surface area contributed by atoms with Crippen molar-refractivity contribution in [3.63, 3.8) is 0 Å². The third kappa shape index (κ3) is 5.31. The van der Waals surface area contributed by atoms with Crippen molar-refractivity contribution in [2.75, 3.05) is 33.2 Å². The van der Waals surface area contributed by atoms with Gasteiger partial charge in [-0.15, -0.1) is 0 Å². The number of carbonyl (C=O) groups excluding carboxylic acids is 2. The molecule has 1 atom stereocenters. The van der Waals surface area contributed by atoms with Crippen molar-refractivity contribution in [1.29, 1.82) is 0 Å². The van der Waals surface area contributed by atoms with Crippen LogP contribution in [0.3, 0.4) is 0 Å². The van der Waals surface area contributed by atoms with Gasteiger partial charge in [0.05, 0.1) is 30.9 Å². The van der Waals surface area contributed by atoms with Crippen molar-refractivity contribution in [2.24, 2.45) is 0 Å². The molecule has 9 nitrogen and oxygen atoms in total. The van der Waals surface area contributed by atoms with E-state index in [0.29, 0.717) is 42.9 Å². The second-order valence-electron chi connectivity index (χ2n) is 10.1. The molecule has 1 N–H and O–H groups in total. The summed E-state index contributed by atoms with van der Waals surface area (Å²) in [6.45, 7) is 1.56. The highest BCUT2D eigenvalue weighted by Crippen LogP contribution is 2.36. The third-order valence-electron chi connectivity index (χ3n) is 7.40. The first kappa shape index (κ1) is 26.0. The molecular weight excluding hydrogens is 501 g/mol. The second-order valence-corrected chi connectivity index (χ2v) is 10.1. The maximum Gasteiger partial charge on any atom is 0.401 e. The number of rotatable bonds is 4. The molecule has 2 amide bonds. The molecule has 1 unspecified atom stereocenters. The molecule has 0 aliphatic carbocycles. The van der Waals surface area contributed by atoms with E-state index in [9.17, 15) is 22.8 Å². The normalized spacial score (nSPS) is 18.3. The Kier molecular flexibility index (Phi) is 6.76. The Balaban J connectivity index is 1.34. The van der Waals surface area contributed by atoms with Crippen LogP contribution in [0, 0.1) is 0 Å². The zero-order valence-corrected chi connectivity index (χ0v) is 21.2. The van der Waals surface area contributed by atoms with Crippen LogP contribution in [0.5, 0.6) is 5.75 Å². The van der Waals surface area contributed by atoms with Gasteiger partial charge >= 0.3 is 6.18 Å². The second kappa shape index (κ2) is 9.90. The van der Waals surface area contributed by atoms with Crippen LogP contribution in [0.25, 0.3) is 11.0 Å². The number of aromatic nitrogens is 3. The molecule has 3 aromatic rings. The summed E-state index contributed by atoms with van der Waals surface area (Å²) in [6.07, 6.45) is -0.350. The van der Waals surface area contributed by atoms with Crippen LogP contribution in [0.2, 0.25) is 0 Å². The molecule has 4 heterocycles. The summed E-state index contributed by atoms with van der Waals surface area (Å²) >= 11 is 0. The van der Waals surface area contributed by atoms with Crippen molar-refractivity contribution >= 4 is 22.8 Å². The van der Waals surface area contributed by atoms with Crippen LogP contribution in [-0.2, 0) is 11.3 Å². The van der Waals surface area contributed by atoms with Crippen LogP contribution in [-0.4, -0.2) is 92.7 Å². The lowest BCUT2D eigenvalue weighted by molar-refractivity contribution is -0.156. The number of para-hydroxylation sites is 1. The Morgan fingerprint density at radius 2 is 1.92 bits per heavy atom. The van der Waals surface area contributed by atoms with E-state index in [-0.39, 0.29) is 19.0 Å². The van der Waals surface area contributed by atoms with Crippen molar-refractivity contribution < 1.29 is 27.5 Å². The number of alkyl halides is 3. The van der Waals surface area contributed by atoms with E-state index in [1.54, 1.807) is 22.1 Å². The van der Waals surface area contributed by atoms with Gasteiger partial charge in [0.25, 0.3) is 5.91 Å². The average Bonchev–Trinajstić information content (AvgIpc) is 3.29. The minimum atomic E-state index is -4.41. The number of halogens is 3. The third-order valence-corrected chi connectivity index (χ3v) is 7.40. The van der Waals surface area contributed by atoms with Crippen molar-refractivity contribution in [1.82, 2.24) is 29.9 Å². The van der Waals surface area contributed by atoms with Crippen molar-refractivity contribution in [2.45, 2.75) is 44.1 Å². The van der Waals surface area contributed by atoms with E-state index in [2.05, 4.69) is 15.2 Å². The Bertz CT molecular complexity index is 1340. The molecule has 5 rings (SSSR count). The molecule has 1 saturated heterocycles. The number of piperidine rings is 1. The highest BCUT2D eigenvalue weighted by Gasteiger charge is 2.44. The molecule has 2 aliphatic rings. The van der Waals surface area contributed by atoms with Crippen LogP contribution < -0.4 is 4.74 Å². The number of carbonyl (C=O) groups is 2. The van der Waals surface area contributed by atoms with Crippen molar-refractivity contribution in [3.8, 4) is 5.75 Å². The molecule has 38 heavy (non-hydrogen) atoms. The number of aromatic amines is 1. The fraction of sp³-hybridized carbons (Fsp3) is 0.462. The van der Waals surface area contributed by atoms with Crippen LogP contribution in [0.15, 0.2) is 42.7 Å². The van der Waals surface area contributed by atoms with E-state index in [4.69, 9.17) is 4.74 Å². The summed E-state index contributed by atoms with van der Waals surface area (Å²) in [7, 11) is 1.30. The molecule has 0 bridgehead atoms. The van der Waals surface area contributed by atoms with Crippen molar-refractivity contribution in [3.05, 3.63) is 53.9 Å². The standard InChI is InChI=1S/C26H29F3N6O3/c1-17(33(2)16-26(27,28)29)23(36)35-14-18-5-3-4-6-21(18)38-25(15-35)7-9-34(10-8-25)24(37)20-11-19-13-31-32-22(19)30-12-20/h3-6,11-13,17H,7-10,14-16H2,1-2H3,(H,30,31,32). The molecule has 12 heteroatoms. The molecule has 2 aromatic heterocycles. The monoisotopic (exact) mass is 530 g/mol. The van der Waals surface area contributed by atoms with Gasteiger partial charge in [0, 0.05) is 49.6 Å². The highest BCUT2D eigenvalue weighted by molar-refractivity contribution is 5.96. The van der Waals surface area contributed by atoms with Crippen LogP contribution in [0.4, 0.5) is 13.2 Å². The lowest BCUT2D eigenvalue weighted by atomic mass is 9.89. The summed E-state index contributed by atoms with van der Waals surface area (Å²) in [6, 6.07) is 8.17. The van der Waals surface area contributed by atoms with E-state index < -0.39 is 30.3 Å². The first-order chi connectivity index (χ1) is 18.0. The predicted molar refractivity (Wildman–Crippen MR) is 132 cm³/mol. The van der Waals surface area contributed by atoms with Gasteiger partial charge in [-0.05, 0) is 26.1 Å². The number of fused-ring (bicyclic) bond motifs is 2. The zero-order valence-electron chi connectivity index (χ0n) is 21.2. The van der Waals surface area contributed by atoms with Gasteiger partial charge in [-0.3, -0.25) is 19.6 Å². The van der Waals surface area contributed by atoms with E-state index >= 15 is 0 Å². The largest absolute Gasteiger partial charge is 0.485 e. The number of benzene rings is 1. The lowest BCUT2D eigenvalue weighted by Gasteiger charge is -2.43. The summed E-state index contributed by atoms with van der Waals surface area (Å²) in [5.41, 5.74) is 1.08. The number of H-pyrrole nitrogens is 1. The number of hydrogen-bond acceptors (Lipinski definition) is 6. The van der Waals surface area contributed by atoms with Gasteiger partial charge in [0.2, 0.25) is 5.91 Å². The number of pyridine rings is 1. The summed E-state index contributed by atoms with van der Waals surface area (Å²) in [5, 5.41) is 7.45. The molecule has 202 valence electrons. The Morgan fingerprint density at radius 3 is 2.66 bits per heavy atom. The SMILES string of the molecule is CC(C(=O)N1Cc2ccccc2OC2(CCN(C(=O)c3cnc4[nH]ncc4c3)CC2)C1)N(C)CC(F)(F)F. The van der Waals surface area contributed by atoms with E-state index in [1.165, 1.54) is 20.2 Å². The molecule has 1 fully saturated rings. The van der Waals surface area contributed by atoms with Gasteiger partial charge in [-0.1, -0.05) is 18.2 Å². The smallest absolute Gasteiger partial charge is 0.401 e. The van der Waals surface area contributed by atoms with E-state index in [0.717, 1.165) is 15.8 Å². The highest BCUT2D eigenvalue weighted by atomic mass is 19.4. The van der Waals surface area contributed by atoms with E-state index in [1.807, 2.05) is 24.3 Å². The first-order valence-corrected chi connectivity index (χ1v) is 12.4.